The van der Waals surface area contributed by atoms with E-state index in [1.54, 1.807) is 20.8 Å². The molecule has 0 saturated heterocycles. The summed E-state index contributed by atoms with van der Waals surface area (Å²) in [6.07, 6.45) is 1.50. The molecule has 1 saturated carbocycles. The van der Waals surface area contributed by atoms with E-state index in [9.17, 15) is 22.4 Å². The molecule has 1 aliphatic rings. The fourth-order valence-electron chi connectivity index (χ4n) is 2.86. The monoisotopic (exact) mass is 371 g/mol. The second kappa shape index (κ2) is 7.36. The molecular weight excluding hydrogens is 354 g/mol. The highest BCUT2D eigenvalue weighted by molar-refractivity contribution is 5.78. The van der Waals surface area contributed by atoms with E-state index >= 15 is 0 Å². The van der Waals surface area contributed by atoms with Crippen molar-refractivity contribution in [1.82, 2.24) is 0 Å². The third-order valence-electron chi connectivity index (χ3n) is 4.47. The summed E-state index contributed by atoms with van der Waals surface area (Å²) in [6.45, 7) is 4.56. The molecule has 1 aromatic rings. The molecule has 26 heavy (non-hydrogen) atoms. The highest BCUT2D eigenvalue weighted by atomic mass is 19.2. The van der Waals surface area contributed by atoms with Crippen LogP contribution in [0, 0.1) is 51.9 Å². The number of benzene rings is 1. The van der Waals surface area contributed by atoms with Crippen molar-refractivity contribution in [2.24, 2.45) is 17.3 Å². The molecule has 0 N–H and O–H groups in total. The van der Waals surface area contributed by atoms with Gasteiger partial charge in [-0.25, -0.2) is 17.6 Å². The fourth-order valence-corrected chi connectivity index (χ4v) is 2.86. The molecule has 140 valence electrons. The maximum Gasteiger partial charge on any atom is 0.310 e. The fraction of sp³-hybridized carbons (Fsp3) is 0.444. The summed E-state index contributed by atoms with van der Waals surface area (Å²) in [5.74, 6) is -8.11. The van der Waals surface area contributed by atoms with E-state index in [1.165, 1.54) is 6.08 Å². The number of allylic oxidation sites excluding steroid dienone is 2. The summed E-state index contributed by atoms with van der Waals surface area (Å²) < 4.78 is 63.5. The van der Waals surface area contributed by atoms with Crippen LogP contribution in [-0.2, 0) is 20.9 Å². The Morgan fingerprint density at radius 3 is 2.31 bits per heavy atom. The van der Waals surface area contributed by atoms with E-state index in [0.29, 0.717) is 0 Å². The molecule has 0 aliphatic heterocycles. The first kappa shape index (κ1) is 19.8. The van der Waals surface area contributed by atoms with Gasteiger partial charge in [0.25, 0.3) is 0 Å². The Hall–Kier alpha value is -2.56. The molecule has 4 nitrogen and oxygen atoms in total. The predicted molar refractivity (Wildman–Crippen MR) is 82.2 cm³/mol. The Kier molecular flexibility index (Phi) is 5.59. The van der Waals surface area contributed by atoms with E-state index in [0.717, 1.165) is 0 Å². The number of carbonyl (C=O) groups excluding carboxylic acids is 1. The highest BCUT2D eigenvalue weighted by Crippen LogP contribution is 2.59. The van der Waals surface area contributed by atoms with Gasteiger partial charge in [0.2, 0.25) is 0 Å². The molecule has 0 unspecified atom stereocenters. The van der Waals surface area contributed by atoms with E-state index in [1.807, 2.05) is 6.07 Å². The van der Waals surface area contributed by atoms with Gasteiger partial charge < -0.3 is 9.47 Å². The molecule has 0 bridgehead atoms. The van der Waals surface area contributed by atoms with Gasteiger partial charge in [-0.15, -0.1) is 0 Å². The molecule has 0 spiro atoms. The topological polar surface area (TPSA) is 59.3 Å². The molecule has 1 aliphatic carbocycles. The molecule has 0 aromatic heterocycles. The zero-order chi connectivity index (χ0) is 19.6. The zero-order valence-electron chi connectivity index (χ0n) is 14.4. The third-order valence-corrected chi connectivity index (χ3v) is 4.47. The average Bonchev–Trinajstić information content (AvgIpc) is 3.12. The van der Waals surface area contributed by atoms with Crippen LogP contribution in [0.1, 0.15) is 26.3 Å². The lowest BCUT2D eigenvalue weighted by atomic mass is 10.1. The van der Waals surface area contributed by atoms with Crippen molar-refractivity contribution >= 4 is 5.97 Å². The highest BCUT2D eigenvalue weighted by Gasteiger charge is 2.62. The minimum absolute atomic E-state index is 0.0603. The normalized spacial score (nSPS) is 21.1. The second-order valence-corrected chi connectivity index (χ2v) is 6.45. The Morgan fingerprint density at radius 2 is 1.81 bits per heavy atom. The van der Waals surface area contributed by atoms with Crippen LogP contribution in [0.3, 0.4) is 0 Å². The number of carbonyl (C=O) groups is 1. The summed E-state index contributed by atoms with van der Waals surface area (Å²) in [5, 5.41) is 8.98. The molecule has 2 rings (SSSR count). The zero-order valence-corrected chi connectivity index (χ0v) is 14.4. The van der Waals surface area contributed by atoms with Gasteiger partial charge in [0, 0.05) is 12.0 Å². The SMILES string of the molecule is CCO/C(C#N)=C/[C@@H]1[C@@H](C(=O)OCc2c(F)c(F)cc(F)c2F)C1(C)C. The summed E-state index contributed by atoms with van der Waals surface area (Å²) >= 11 is 0. The van der Waals surface area contributed by atoms with Gasteiger partial charge in [0.15, 0.2) is 29.0 Å². The van der Waals surface area contributed by atoms with E-state index in [-0.39, 0.29) is 24.4 Å². The molecular formula is C18H17F4NO3. The van der Waals surface area contributed by atoms with Crippen molar-refractivity contribution < 1.29 is 31.8 Å². The minimum atomic E-state index is -1.61. The van der Waals surface area contributed by atoms with Gasteiger partial charge in [-0.3, -0.25) is 4.79 Å². The third kappa shape index (κ3) is 3.66. The molecule has 1 aromatic carbocycles. The van der Waals surface area contributed by atoms with Gasteiger partial charge in [-0.05, 0) is 18.4 Å². The largest absolute Gasteiger partial charge is 0.484 e. The summed E-state index contributed by atoms with van der Waals surface area (Å²) in [4.78, 5) is 12.2. The lowest BCUT2D eigenvalue weighted by Crippen LogP contribution is -2.13. The first-order valence-electron chi connectivity index (χ1n) is 7.88. The van der Waals surface area contributed by atoms with E-state index < -0.39 is 52.7 Å². The van der Waals surface area contributed by atoms with Crippen molar-refractivity contribution in [3.63, 3.8) is 0 Å². The summed E-state index contributed by atoms with van der Waals surface area (Å²) in [5.41, 5.74) is -1.55. The van der Waals surface area contributed by atoms with Crippen LogP contribution in [0.15, 0.2) is 17.9 Å². The standard InChI is InChI=1S/C18H17F4NO3/c1-4-25-9(7-23)5-11-14(18(11,2)3)17(24)26-8-10-15(21)12(19)6-13(20)16(10)22/h5-6,11,14H,4,8H2,1-3H3/b9-5+/t11-,14+/m1/s1. The first-order chi connectivity index (χ1) is 12.1. The molecule has 8 heteroatoms. The number of hydrogen-bond acceptors (Lipinski definition) is 4. The Bertz CT molecular complexity index is 772. The van der Waals surface area contributed by atoms with Crippen molar-refractivity contribution in [3.8, 4) is 6.07 Å². The predicted octanol–water partition coefficient (Wildman–Crippen LogP) is 4.00. The van der Waals surface area contributed by atoms with Crippen LogP contribution >= 0.6 is 0 Å². The lowest BCUT2D eigenvalue weighted by molar-refractivity contribution is -0.147. The Balaban J connectivity index is 2.11. The minimum Gasteiger partial charge on any atom is -0.484 e. The van der Waals surface area contributed by atoms with Crippen LogP contribution in [0.4, 0.5) is 17.6 Å². The number of hydrogen-bond donors (Lipinski definition) is 0. The maximum absolute atomic E-state index is 13.6. The van der Waals surface area contributed by atoms with Crippen LogP contribution in [0.2, 0.25) is 0 Å². The average molecular weight is 371 g/mol. The molecule has 0 amide bonds. The van der Waals surface area contributed by atoms with Crippen molar-refractivity contribution in [3.05, 3.63) is 46.7 Å². The number of esters is 1. The number of ether oxygens (including phenoxy) is 2. The summed E-state index contributed by atoms with van der Waals surface area (Å²) in [6, 6.07) is 1.94. The van der Waals surface area contributed by atoms with Gasteiger partial charge in [-0.2, -0.15) is 5.26 Å². The first-order valence-corrected chi connectivity index (χ1v) is 7.88. The number of rotatable bonds is 6. The van der Waals surface area contributed by atoms with Gasteiger partial charge in [0.1, 0.15) is 12.7 Å². The molecule has 0 radical (unpaired) electrons. The smallest absolute Gasteiger partial charge is 0.310 e. The van der Waals surface area contributed by atoms with Gasteiger partial charge in [-0.1, -0.05) is 13.8 Å². The lowest BCUT2D eigenvalue weighted by Gasteiger charge is -2.09. The van der Waals surface area contributed by atoms with Crippen molar-refractivity contribution in [1.29, 1.82) is 5.26 Å². The number of nitriles is 1. The van der Waals surface area contributed by atoms with E-state index in [2.05, 4.69) is 0 Å². The maximum atomic E-state index is 13.6. The van der Waals surface area contributed by atoms with Crippen LogP contribution in [0.25, 0.3) is 0 Å². The number of halogens is 4. The van der Waals surface area contributed by atoms with Crippen molar-refractivity contribution in [2.45, 2.75) is 27.4 Å². The number of nitrogens with zero attached hydrogens (tertiary/aromatic N) is 1. The Morgan fingerprint density at radius 1 is 1.23 bits per heavy atom. The Labute approximate surface area is 148 Å². The van der Waals surface area contributed by atoms with Gasteiger partial charge in [0.05, 0.1) is 18.1 Å². The van der Waals surface area contributed by atoms with Crippen LogP contribution < -0.4 is 0 Å². The van der Waals surface area contributed by atoms with Crippen molar-refractivity contribution in [2.75, 3.05) is 6.61 Å². The second-order valence-electron chi connectivity index (χ2n) is 6.45. The molecule has 0 heterocycles. The van der Waals surface area contributed by atoms with E-state index in [4.69, 9.17) is 14.7 Å². The van der Waals surface area contributed by atoms with Crippen LogP contribution in [0.5, 0.6) is 0 Å². The van der Waals surface area contributed by atoms with Gasteiger partial charge >= 0.3 is 5.97 Å². The molecule has 1 fully saturated rings. The van der Waals surface area contributed by atoms with Crippen LogP contribution in [-0.4, -0.2) is 12.6 Å². The molecule has 2 atom stereocenters. The quantitative estimate of drug-likeness (QED) is 0.249. The summed E-state index contributed by atoms with van der Waals surface area (Å²) in [7, 11) is 0.